The van der Waals surface area contributed by atoms with Crippen LogP contribution in [0.2, 0.25) is 0 Å². The van der Waals surface area contributed by atoms with Gasteiger partial charge < -0.3 is 9.80 Å². The summed E-state index contributed by atoms with van der Waals surface area (Å²) in [6, 6.07) is 0. The highest BCUT2D eigenvalue weighted by atomic mass is 15.4. The average Bonchev–Trinajstić information content (AvgIpc) is 3.37. The van der Waals surface area contributed by atoms with Gasteiger partial charge in [0, 0.05) is 25.5 Å². The first kappa shape index (κ1) is 38.4. The molecule has 0 aromatic heterocycles. The van der Waals surface area contributed by atoms with Crippen LogP contribution in [0.5, 0.6) is 0 Å². The van der Waals surface area contributed by atoms with Crippen LogP contribution in [0.3, 0.4) is 0 Å². The van der Waals surface area contributed by atoms with Crippen LogP contribution in [0.1, 0.15) is 220 Å². The molecule has 0 amide bonds. The molecule has 1 heterocycles. The van der Waals surface area contributed by atoms with Crippen LogP contribution in [-0.2, 0) is 0 Å². The van der Waals surface area contributed by atoms with Crippen LogP contribution in [0.25, 0.3) is 0 Å². The zero-order valence-corrected chi connectivity index (χ0v) is 29.0. The highest BCUT2D eigenvalue weighted by molar-refractivity contribution is 4.97. The molecule has 0 aromatic carbocycles. The van der Waals surface area contributed by atoms with E-state index in [0.29, 0.717) is 6.17 Å². The van der Waals surface area contributed by atoms with Crippen molar-refractivity contribution in [2.75, 3.05) is 13.1 Å². The minimum atomic E-state index is 0.641. The van der Waals surface area contributed by atoms with Gasteiger partial charge >= 0.3 is 0 Å². The Balaban J connectivity index is 2.15. The van der Waals surface area contributed by atoms with Crippen molar-refractivity contribution in [3.63, 3.8) is 0 Å². The summed E-state index contributed by atoms with van der Waals surface area (Å²) in [5.41, 5.74) is 0. The Kier molecular flexibility index (Phi) is 28.8. The molecule has 244 valence electrons. The van der Waals surface area contributed by atoms with Crippen LogP contribution in [-0.4, -0.2) is 29.1 Å². The van der Waals surface area contributed by atoms with E-state index in [1.807, 2.05) is 0 Å². The maximum Gasteiger partial charge on any atom is 0.101 e. The molecule has 0 N–H and O–H groups in total. The van der Waals surface area contributed by atoms with Gasteiger partial charge in [-0.25, -0.2) is 0 Å². The van der Waals surface area contributed by atoms with Gasteiger partial charge in [-0.2, -0.15) is 0 Å². The predicted molar refractivity (Wildman–Crippen MR) is 186 cm³/mol. The summed E-state index contributed by atoms with van der Waals surface area (Å²) < 4.78 is 0. The fourth-order valence-electron chi connectivity index (χ4n) is 6.72. The molecular weight excluding hydrogens is 496 g/mol. The van der Waals surface area contributed by atoms with E-state index in [1.165, 1.54) is 212 Å². The first-order chi connectivity index (χ1) is 20.3. The summed E-state index contributed by atoms with van der Waals surface area (Å²) in [5, 5.41) is 0. The lowest BCUT2D eigenvalue weighted by molar-refractivity contribution is 0.135. The first-order valence-corrected chi connectivity index (χ1v) is 19.5. The number of nitrogens with zero attached hydrogens (tertiary/aromatic N) is 2. The lowest BCUT2D eigenvalue weighted by Gasteiger charge is -2.33. The van der Waals surface area contributed by atoms with Crippen molar-refractivity contribution >= 4 is 0 Å². The monoisotopic (exact) mass is 575 g/mol. The van der Waals surface area contributed by atoms with Gasteiger partial charge in [-0.1, -0.05) is 194 Å². The molecule has 0 saturated heterocycles. The lowest BCUT2D eigenvalue weighted by atomic mass is 10.0. The van der Waals surface area contributed by atoms with Gasteiger partial charge in [-0.3, -0.25) is 0 Å². The highest BCUT2D eigenvalue weighted by Gasteiger charge is 2.24. The molecule has 2 nitrogen and oxygen atoms in total. The second-order valence-electron chi connectivity index (χ2n) is 13.6. The summed E-state index contributed by atoms with van der Waals surface area (Å²) in [4.78, 5) is 5.42. The molecule has 0 aromatic rings. The lowest BCUT2D eigenvalue weighted by Crippen LogP contribution is -2.39. The number of rotatable bonds is 33. The molecular formula is C39H78N2. The summed E-state index contributed by atoms with van der Waals surface area (Å²) in [7, 11) is 0. The molecule has 2 heteroatoms. The third-order valence-electron chi connectivity index (χ3n) is 9.57. The van der Waals surface area contributed by atoms with Gasteiger partial charge in [0.15, 0.2) is 0 Å². The van der Waals surface area contributed by atoms with Crippen molar-refractivity contribution in [2.45, 2.75) is 226 Å². The fourth-order valence-corrected chi connectivity index (χ4v) is 6.72. The summed E-state index contributed by atoms with van der Waals surface area (Å²) >= 11 is 0. The Labute approximate surface area is 260 Å². The maximum absolute atomic E-state index is 2.71. The molecule has 0 bridgehead atoms. The molecule has 0 saturated carbocycles. The number of hydrogen-bond donors (Lipinski definition) is 0. The minimum absolute atomic E-state index is 0.641. The maximum atomic E-state index is 2.71. The molecule has 0 aliphatic carbocycles. The molecule has 0 radical (unpaired) electrons. The summed E-state index contributed by atoms with van der Waals surface area (Å²) in [6.07, 6.45) is 49.9. The second kappa shape index (κ2) is 30.8. The number of hydrogen-bond acceptors (Lipinski definition) is 2. The quantitative estimate of drug-likeness (QED) is 0.0719. The van der Waals surface area contributed by atoms with Gasteiger partial charge in [0.1, 0.15) is 6.17 Å². The average molecular weight is 575 g/mol. The fraction of sp³-hybridized carbons (Fsp3) is 0.949. The van der Waals surface area contributed by atoms with Crippen molar-refractivity contribution in [2.24, 2.45) is 0 Å². The summed E-state index contributed by atoms with van der Waals surface area (Å²) in [6.45, 7) is 9.48. The van der Waals surface area contributed by atoms with Crippen molar-refractivity contribution in [3.05, 3.63) is 12.4 Å². The Morgan fingerprint density at radius 3 is 0.854 bits per heavy atom. The third-order valence-corrected chi connectivity index (χ3v) is 9.57. The van der Waals surface area contributed by atoms with Crippen molar-refractivity contribution in [1.29, 1.82) is 0 Å². The van der Waals surface area contributed by atoms with E-state index in [1.54, 1.807) is 0 Å². The van der Waals surface area contributed by atoms with E-state index >= 15 is 0 Å². The van der Waals surface area contributed by atoms with Gasteiger partial charge in [0.2, 0.25) is 0 Å². The molecule has 41 heavy (non-hydrogen) atoms. The third kappa shape index (κ3) is 23.5. The topological polar surface area (TPSA) is 6.48 Å². The molecule has 1 atom stereocenters. The van der Waals surface area contributed by atoms with E-state index < -0.39 is 0 Å². The molecule has 1 rings (SSSR count). The van der Waals surface area contributed by atoms with E-state index in [4.69, 9.17) is 0 Å². The van der Waals surface area contributed by atoms with Crippen LogP contribution in [0.4, 0.5) is 0 Å². The van der Waals surface area contributed by atoms with Gasteiger partial charge in [-0.05, 0) is 25.7 Å². The predicted octanol–water partition coefficient (Wildman–Crippen LogP) is 13.6. The molecule has 0 spiro atoms. The van der Waals surface area contributed by atoms with E-state index in [2.05, 4.69) is 43.0 Å². The van der Waals surface area contributed by atoms with Crippen LogP contribution in [0.15, 0.2) is 12.4 Å². The van der Waals surface area contributed by atoms with Gasteiger partial charge in [0.05, 0.1) is 0 Å². The van der Waals surface area contributed by atoms with E-state index in [0.717, 1.165) is 0 Å². The zero-order valence-electron chi connectivity index (χ0n) is 29.0. The van der Waals surface area contributed by atoms with E-state index in [9.17, 15) is 0 Å². The van der Waals surface area contributed by atoms with Crippen molar-refractivity contribution < 1.29 is 0 Å². The van der Waals surface area contributed by atoms with Crippen LogP contribution < -0.4 is 0 Å². The Morgan fingerprint density at radius 1 is 0.317 bits per heavy atom. The van der Waals surface area contributed by atoms with E-state index in [-0.39, 0.29) is 0 Å². The summed E-state index contributed by atoms with van der Waals surface area (Å²) in [5.74, 6) is 0. The van der Waals surface area contributed by atoms with Gasteiger partial charge in [-0.15, -0.1) is 0 Å². The standard InChI is InChI=1S/C39H78N2/c1-4-7-10-13-16-18-19-20-21-22-23-25-27-30-33-36-41-38-37-40(35-32-29-15-12-9-6-3)39(41)34-31-28-26-24-17-14-11-8-5-2/h37-39H,4-36H2,1-3H3. The van der Waals surface area contributed by atoms with Crippen molar-refractivity contribution in [1.82, 2.24) is 9.80 Å². The Morgan fingerprint density at radius 2 is 0.561 bits per heavy atom. The zero-order chi connectivity index (χ0) is 29.5. The Bertz CT molecular complexity index is 530. The number of unbranched alkanes of at least 4 members (excludes halogenated alkanes) is 27. The van der Waals surface area contributed by atoms with Crippen LogP contribution >= 0.6 is 0 Å². The van der Waals surface area contributed by atoms with Gasteiger partial charge in [0.25, 0.3) is 0 Å². The highest BCUT2D eigenvalue weighted by Crippen LogP contribution is 2.24. The SMILES string of the molecule is CCCCCCCCCCCCCCCCCN1C=CN(CCCCCCCC)C1CCCCCCCCCCC. The minimum Gasteiger partial charge on any atom is -0.356 e. The largest absolute Gasteiger partial charge is 0.356 e. The smallest absolute Gasteiger partial charge is 0.101 e. The second-order valence-corrected chi connectivity index (χ2v) is 13.6. The Hall–Kier alpha value is -0.660. The van der Waals surface area contributed by atoms with Crippen molar-refractivity contribution in [3.8, 4) is 0 Å². The normalized spacial score (nSPS) is 15.0. The first-order valence-electron chi connectivity index (χ1n) is 19.5. The molecule has 1 aliphatic rings. The molecule has 0 fully saturated rings. The molecule has 1 aliphatic heterocycles. The van der Waals surface area contributed by atoms with Crippen LogP contribution in [0, 0.1) is 0 Å². The molecule has 1 unspecified atom stereocenters.